The third kappa shape index (κ3) is 4.03. The molecule has 0 spiro atoms. The molecule has 3 N–H and O–H groups in total. The fourth-order valence-electron chi connectivity index (χ4n) is 1.07. The van der Waals surface area contributed by atoms with Crippen LogP contribution in [-0.2, 0) is 14.9 Å². The van der Waals surface area contributed by atoms with Gasteiger partial charge >= 0.3 is 11.9 Å². The summed E-state index contributed by atoms with van der Waals surface area (Å²) in [5.41, 5.74) is -0.399. The van der Waals surface area contributed by atoms with Gasteiger partial charge in [-0.1, -0.05) is 0 Å². The van der Waals surface area contributed by atoms with E-state index in [1.807, 2.05) is 0 Å². The average molecular weight is 276 g/mol. The fourth-order valence-corrected chi connectivity index (χ4v) is 1.42. The second-order valence-electron chi connectivity index (χ2n) is 3.18. The lowest BCUT2D eigenvalue weighted by molar-refractivity contribution is -0.131. The maximum atomic E-state index is 11.0. The Morgan fingerprint density at radius 3 is 2.33 bits per heavy atom. The zero-order valence-corrected chi connectivity index (χ0v) is 9.55. The molecule has 0 bridgehead atoms. The summed E-state index contributed by atoms with van der Waals surface area (Å²) in [6, 6.07) is 2.88. The van der Waals surface area contributed by atoms with Gasteiger partial charge in [0.15, 0.2) is 5.75 Å². The van der Waals surface area contributed by atoms with Crippen LogP contribution in [0.2, 0.25) is 0 Å². The molecule has 0 saturated heterocycles. The van der Waals surface area contributed by atoms with E-state index in [4.69, 9.17) is 9.66 Å². The van der Waals surface area contributed by atoms with Gasteiger partial charge in [0.2, 0.25) is 0 Å². The van der Waals surface area contributed by atoms with Crippen LogP contribution < -0.4 is 4.74 Å². The zero-order valence-electron chi connectivity index (χ0n) is 8.73. The lowest BCUT2D eigenvalue weighted by atomic mass is 10.2. The summed E-state index contributed by atoms with van der Waals surface area (Å²) in [6.45, 7) is 0. The van der Waals surface area contributed by atoms with Crippen LogP contribution in [0.4, 0.5) is 0 Å². The highest BCUT2D eigenvalue weighted by atomic mass is 32.2. The van der Waals surface area contributed by atoms with Gasteiger partial charge in [0, 0.05) is 6.07 Å². The smallest absolute Gasteiger partial charge is 0.339 e. The molecule has 8 nitrogen and oxygen atoms in total. The number of benzene rings is 1. The molecule has 1 aromatic rings. The second-order valence-corrected chi connectivity index (χ2v) is 4.64. The number of hydrogen-bond acceptors (Lipinski definition) is 6. The van der Waals surface area contributed by atoms with Crippen LogP contribution >= 0.6 is 0 Å². The highest BCUT2D eigenvalue weighted by Gasteiger charge is 2.16. The van der Waals surface area contributed by atoms with E-state index < -0.39 is 39.1 Å². The van der Waals surface area contributed by atoms with E-state index in [-0.39, 0.29) is 5.75 Å². The molecule has 0 amide bonds. The van der Waals surface area contributed by atoms with Crippen molar-refractivity contribution in [2.24, 2.45) is 0 Å². The molecule has 0 aliphatic rings. The standard InChI is InChI=1S/C9H8O8S/c10-7-3-5(1-2-6(7)9(12)13)17-8(11)4-18(14,15)16/h1-3,10H,4H2,(H,12,13)(H,14,15,16). The van der Waals surface area contributed by atoms with Gasteiger partial charge in [-0.05, 0) is 12.1 Å². The van der Waals surface area contributed by atoms with Crippen molar-refractivity contribution in [3.63, 3.8) is 0 Å². The summed E-state index contributed by atoms with van der Waals surface area (Å²) in [4.78, 5) is 21.6. The van der Waals surface area contributed by atoms with Crippen molar-refractivity contribution < 1.29 is 37.5 Å². The number of carbonyl (C=O) groups excluding carboxylic acids is 1. The Hall–Kier alpha value is -2.13. The number of ether oxygens (including phenoxy) is 1. The predicted molar refractivity (Wildman–Crippen MR) is 57.1 cm³/mol. The van der Waals surface area contributed by atoms with Crippen molar-refractivity contribution >= 4 is 22.1 Å². The van der Waals surface area contributed by atoms with Gasteiger partial charge in [-0.3, -0.25) is 9.35 Å². The zero-order chi connectivity index (χ0) is 13.9. The summed E-state index contributed by atoms with van der Waals surface area (Å²) in [5.74, 6) is -4.76. The molecule has 0 radical (unpaired) electrons. The van der Waals surface area contributed by atoms with Crippen LogP contribution in [0.15, 0.2) is 18.2 Å². The van der Waals surface area contributed by atoms with Crippen molar-refractivity contribution in [2.75, 3.05) is 5.75 Å². The molecule has 0 aliphatic heterocycles. The molecule has 0 aromatic heterocycles. The quantitative estimate of drug-likeness (QED) is 0.393. The Labute approximate surface area is 101 Å². The maximum absolute atomic E-state index is 11.0. The van der Waals surface area contributed by atoms with E-state index >= 15 is 0 Å². The van der Waals surface area contributed by atoms with Gasteiger partial charge in [-0.15, -0.1) is 0 Å². The van der Waals surface area contributed by atoms with Crippen LogP contribution in [0.3, 0.4) is 0 Å². The third-order valence-corrected chi connectivity index (χ3v) is 2.33. The third-order valence-electron chi connectivity index (χ3n) is 1.73. The first-order valence-corrected chi connectivity index (χ1v) is 6.02. The van der Waals surface area contributed by atoms with E-state index in [0.29, 0.717) is 0 Å². The van der Waals surface area contributed by atoms with Crippen molar-refractivity contribution in [1.82, 2.24) is 0 Å². The SMILES string of the molecule is O=C(CS(=O)(=O)O)Oc1ccc(C(=O)O)c(O)c1. The number of rotatable bonds is 4. The highest BCUT2D eigenvalue weighted by molar-refractivity contribution is 7.86. The maximum Gasteiger partial charge on any atom is 0.339 e. The molecule has 1 rings (SSSR count). The van der Waals surface area contributed by atoms with Gasteiger partial charge in [0.05, 0.1) is 0 Å². The molecule has 0 unspecified atom stereocenters. The van der Waals surface area contributed by atoms with Gasteiger partial charge in [-0.2, -0.15) is 8.42 Å². The number of aromatic carboxylic acids is 1. The normalized spacial score (nSPS) is 10.9. The number of phenols is 1. The highest BCUT2D eigenvalue weighted by Crippen LogP contribution is 2.23. The van der Waals surface area contributed by atoms with Crippen LogP contribution in [0.25, 0.3) is 0 Å². The van der Waals surface area contributed by atoms with Crippen molar-refractivity contribution in [3.8, 4) is 11.5 Å². The van der Waals surface area contributed by atoms with Crippen molar-refractivity contribution in [2.45, 2.75) is 0 Å². The van der Waals surface area contributed by atoms with E-state index in [9.17, 15) is 23.1 Å². The van der Waals surface area contributed by atoms with Gasteiger partial charge < -0.3 is 14.9 Å². The molecule has 0 aliphatic carbocycles. The number of hydrogen-bond donors (Lipinski definition) is 3. The topological polar surface area (TPSA) is 138 Å². The van der Waals surface area contributed by atoms with E-state index in [0.717, 1.165) is 18.2 Å². The van der Waals surface area contributed by atoms with Crippen molar-refractivity contribution in [3.05, 3.63) is 23.8 Å². The summed E-state index contributed by atoms with van der Waals surface area (Å²) < 4.78 is 33.6. The van der Waals surface area contributed by atoms with Crippen LogP contribution in [0, 0.1) is 0 Å². The number of carboxylic acids is 1. The summed E-state index contributed by atoms with van der Waals surface area (Å²) in [6.07, 6.45) is 0. The van der Waals surface area contributed by atoms with Gasteiger partial charge in [0.1, 0.15) is 17.1 Å². The number of carboxylic acid groups (broad SMARTS) is 1. The molecular formula is C9H8O8S. The molecule has 9 heteroatoms. The molecule has 0 saturated carbocycles. The first-order valence-electron chi connectivity index (χ1n) is 4.41. The number of aromatic hydroxyl groups is 1. The predicted octanol–water partition coefficient (Wildman–Crippen LogP) is -0.116. The van der Waals surface area contributed by atoms with E-state index in [2.05, 4.69) is 4.74 Å². The number of carbonyl (C=O) groups is 2. The Bertz CT molecular complexity index is 589. The van der Waals surface area contributed by atoms with Gasteiger partial charge in [0.25, 0.3) is 10.1 Å². The second kappa shape index (κ2) is 5.02. The minimum Gasteiger partial charge on any atom is -0.507 e. The van der Waals surface area contributed by atoms with E-state index in [1.165, 1.54) is 0 Å². The molecule has 98 valence electrons. The Morgan fingerprint density at radius 1 is 1.28 bits per heavy atom. The summed E-state index contributed by atoms with van der Waals surface area (Å²) in [7, 11) is -4.51. The molecular weight excluding hydrogens is 268 g/mol. The van der Waals surface area contributed by atoms with Crippen LogP contribution in [0.5, 0.6) is 11.5 Å². The average Bonchev–Trinajstić information content (AvgIpc) is 2.13. The van der Waals surface area contributed by atoms with Crippen LogP contribution in [0.1, 0.15) is 10.4 Å². The van der Waals surface area contributed by atoms with Crippen molar-refractivity contribution in [1.29, 1.82) is 0 Å². The summed E-state index contributed by atoms with van der Waals surface area (Å²) in [5, 5.41) is 17.9. The molecule has 0 fully saturated rings. The monoisotopic (exact) mass is 276 g/mol. The Kier molecular flexibility index (Phi) is 3.89. The molecule has 1 aromatic carbocycles. The lowest BCUT2D eigenvalue weighted by Crippen LogP contribution is -2.20. The Balaban J connectivity index is 2.84. The first-order chi connectivity index (χ1) is 8.19. The minimum absolute atomic E-state index is 0.244. The minimum atomic E-state index is -4.51. The van der Waals surface area contributed by atoms with E-state index in [1.54, 1.807) is 0 Å². The first kappa shape index (κ1) is 13.9. The largest absolute Gasteiger partial charge is 0.507 e. The fraction of sp³-hybridized carbons (Fsp3) is 0.111. The Morgan fingerprint density at radius 2 is 1.89 bits per heavy atom. The molecule has 18 heavy (non-hydrogen) atoms. The van der Waals surface area contributed by atoms with Crippen LogP contribution in [-0.4, -0.2) is 40.9 Å². The molecule has 0 heterocycles. The number of esters is 1. The lowest BCUT2D eigenvalue weighted by Gasteiger charge is -2.05. The van der Waals surface area contributed by atoms with Gasteiger partial charge in [-0.25, -0.2) is 4.79 Å². The summed E-state index contributed by atoms with van der Waals surface area (Å²) >= 11 is 0. The molecule has 0 atom stereocenters.